The van der Waals surface area contributed by atoms with Crippen molar-refractivity contribution < 1.29 is 29.2 Å². The van der Waals surface area contributed by atoms with Crippen LogP contribution in [0.3, 0.4) is 0 Å². The average molecular weight is 690 g/mol. The van der Waals surface area contributed by atoms with Crippen LogP contribution in [0.25, 0.3) is 0 Å². The average Bonchev–Trinajstić information content (AvgIpc) is 3.57. The molecule has 0 spiro atoms. The van der Waals surface area contributed by atoms with Crippen molar-refractivity contribution in [1.82, 2.24) is 0 Å². The van der Waals surface area contributed by atoms with Crippen LogP contribution in [-0.4, -0.2) is 0 Å². The van der Waals surface area contributed by atoms with Gasteiger partial charge in [-0.05, 0) is 72.8 Å². The van der Waals surface area contributed by atoms with Crippen LogP contribution in [0.1, 0.15) is 11.1 Å². The molecule has 0 unspecified atom stereocenters. The summed E-state index contributed by atoms with van der Waals surface area (Å²) in [6.07, 6.45) is 5.81. The molecule has 0 saturated heterocycles. The standard InChI is InChI=1S/C42H36OP2.2ClH/c1-7-19-37(20-8-1)44(38-21-9-2-10-22-38,39-23-11-3-12-24-39)33-35-31-43-32-36(35)34-45(40-25-13-4-14-26-40,41-27-15-5-16-28-41)42-29-17-6-18-30-42;;/h1-32H,33-34H2;2*1H/q+2;;/p-2. The Hall–Kier alpha value is -3.96. The molecule has 234 valence electrons. The molecular weight excluding hydrogens is 653 g/mol. The summed E-state index contributed by atoms with van der Waals surface area (Å²) in [5.74, 6) is 0. The van der Waals surface area contributed by atoms with Crippen molar-refractivity contribution in [3.05, 3.63) is 206 Å². The van der Waals surface area contributed by atoms with Gasteiger partial charge < -0.3 is 29.2 Å². The molecule has 1 nitrogen and oxygen atoms in total. The highest BCUT2D eigenvalue weighted by atomic mass is 35.5. The molecule has 0 N–H and O–H groups in total. The molecule has 7 aromatic rings. The second-order valence-electron chi connectivity index (χ2n) is 11.4. The summed E-state index contributed by atoms with van der Waals surface area (Å²) in [6, 6.07) is 66.8. The third-order valence-electron chi connectivity index (χ3n) is 8.83. The van der Waals surface area contributed by atoms with Gasteiger partial charge in [-0.3, -0.25) is 0 Å². The van der Waals surface area contributed by atoms with Gasteiger partial charge in [-0.1, -0.05) is 109 Å². The predicted molar refractivity (Wildman–Crippen MR) is 196 cm³/mol. The summed E-state index contributed by atoms with van der Waals surface area (Å²) >= 11 is 0. The van der Waals surface area contributed by atoms with E-state index in [0.717, 1.165) is 12.3 Å². The quantitative estimate of drug-likeness (QED) is 0.201. The Morgan fingerprint density at radius 3 is 0.681 bits per heavy atom. The summed E-state index contributed by atoms with van der Waals surface area (Å²) in [4.78, 5) is 0. The molecule has 0 aliphatic heterocycles. The first-order valence-corrected chi connectivity index (χ1v) is 19.4. The molecule has 0 aliphatic rings. The normalized spacial score (nSPS) is 11.2. The second kappa shape index (κ2) is 15.8. The van der Waals surface area contributed by atoms with Crippen molar-refractivity contribution in [2.24, 2.45) is 0 Å². The monoisotopic (exact) mass is 688 g/mol. The van der Waals surface area contributed by atoms with Crippen LogP contribution in [-0.2, 0) is 12.3 Å². The Kier molecular flexibility index (Phi) is 11.5. The van der Waals surface area contributed by atoms with Gasteiger partial charge in [-0.15, -0.1) is 0 Å². The van der Waals surface area contributed by atoms with Gasteiger partial charge in [-0.25, -0.2) is 0 Å². The fraction of sp³-hybridized carbons (Fsp3) is 0.0476. The molecule has 0 radical (unpaired) electrons. The van der Waals surface area contributed by atoms with Crippen LogP contribution in [0, 0.1) is 0 Å². The van der Waals surface area contributed by atoms with Crippen LogP contribution >= 0.6 is 14.5 Å². The second-order valence-corrected chi connectivity index (χ2v) is 18.3. The minimum atomic E-state index is -2.10. The molecule has 6 aromatic carbocycles. The van der Waals surface area contributed by atoms with E-state index in [2.05, 4.69) is 182 Å². The molecular formula is C42H36Cl2OP2. The Bertz CT molecular complexity index is 1600. The number of benzene rings is 6. The highest BCUT2D eigenvalue weighted by molar-refractivity contribution is 7.95. The minimum Gasteiger partial charge on any atom is -1.00 e. The van der Waals surface area contributed by atoms with Gasteiger partial charge in [0.2, 0.25) is 0 Å². The lowest BCUT2D eigenvalue weighted by molar-refractivity contribution is -0.00100. The van der Waals surface area contributed by atoms with E-state index in [1.165, 1.54) is 43.0 Å². The Balaban J connectivity index is 0.00000217. The molecule has 47 heavy (non-hydrogen) atoms. The molecule has 1 heterocycles. The minimum absolute atomic E-state index is 0. The molecule has 7 rings (SSSR count). The van der Waals surface area contributed by atoms with Crippen LogP contribution < -0.4 is 56.6 Å². The zero-order chi connectivity index (χ0) is 30.4. The van der Waals surface area contributed by atoms with Crippen LogP contribution in [0.4, 0.5) is 0 Å². The largest absolute Gasteiger partial charge is 1.00 e. The summed E-state index contributed by atoms with van der Waals surface area (Å²) in [5.41, 5.74) is 2.57. The maximum absolute atomic E-state index is 6.19. The highest BCUT2D eigenvalue weighted by Gasteiger charge is 2.49. The van der Waals surface area contributed by atoms with Crippen molar-refractivity contribution in [2.45, 2.75) is 12.3 Å². The number of rotatable bonds is 10. The number of hydrogen-bond donors (Lipinski definition) is 0. The Labute approximate surface area is 292 Å². The maximum Gasteiger partial charge on any atom is 0.116 e. The zero-order valence-electron chi connectivity index (χ0n) is 25.9. The van der Waals surface area contributed by atoms with Crippen LogP contribution in [0.5, 0.6) is 0 Å². The van der Waals surface area contributed by atoms with Crippen molar-refractivity contribution in [1.29, 1.82) is 0 Å². The fourth-order valence-corrected chi connectivity index (χ4v) is 15.2. The van der Waals surface area contributed by atoms with Crippen LogP contribution in [0.2, 0.25) is 0 Å². The topological polar surface area (TPSA) is 13.1 Å². The van der Waals surface area contributed by atoms with Crippen LogP contribution in [0.15, 0.2) is 199 Å². The van der Waals surface area contributed by atoms with E-state index in [1.807, 2.05) is 12.5 Å². The first kappa shape index (κ1) is 34.4. The SMILES string of the molecule is [Cl-].[Cl-].c1ccc([P+](Cc2cocc2C[P+](c2ccccc2)(c2ccccc2)c2ccccc2)(c2ccccc2)c2ccccc2)cc1. The van der Waals surface area contributed by atoms with Gasteiger partial charge in [0.05, 0.1) is 12.5 Å². The van der Waals surface area contributed by atoms with Crippen molar-refractivity contribution in [3.63, 3.8) is 0 Å². The van der Waals surface area contributed by atoms with Gasteiger partial charge >= 0.3 is 0 Å². The van der Waals surface area contributed by atoms with E-state index >= 15 is 0 Å². The van der Waals surface area contributed by atoms with Crippen molar-refractivity contribution >= 4 is 46.4 Å². The first-order chi connectivity index (χ1) is 22.3. The van der Waals surface area contributed by atoms with Gasteiger partial charge in [-0.2, -0.15) is 0 Å². The van der Waals surface area contributed by atoms with Gasteiger partial charge in [0.25, 0.3) is 0 Å². The number of halogens is 2. The van der Waals surface area contributed by atoms with Gasteiger partial charge in [0, 0.05) is 11.1 Å². The molecule has 5 heteroatoms. The van der Waals surface area contributed by atoms with Gasteiger partial charge in [0.1, 0.15) is 58.7 Å². The lowest BCUT2D eigenvalue weighted by Gasteiger charge is -2.29. The molecule has 0 atom stereocenters. The van der Waals surface area contributed by atoms with E-state index in [-0.39, 0.29) is 24.8 Å². The molecule has 1 aromatic heterocycles. The zero-order valence-corrected chi connectivity index (χ0v) is 29.2. The van der Waals surface area contributed by atoms with E-state index in [0.29, 0.717) is 0 Å². The van der Waals surface area contributed by atoms with Crippen molar-refractivity contribution in [2.75, 3.05) is 0 Å². The highest BCUT2D eigenvalue weighted by Crippen LogP contribution is 2.61. The van der Waals surface area contributed by atoms with E-state index in [4.69, 9.17) is 4.42 Å². The molecule has 0 aliphatic carbocycles. The third-order valence-corrected chi connectivity index (χ3v) is 17.5. The fourth-order valence-electron chi connectivity index (χ4n) is 6.68. The van der Waals surface area contributed by atoms with E-state index in [9.17, 15) is 0 Å². The Morgan fingerprint density at radius 1 is 0.298 bits per heavy atom. The molecule has 0 amide bonds. The number of furan rings is 1. The Morgan fingerprint density at radius 2 is 0.489 bits per heavy atom. The lowest BCUT2D eigenvalue weighted by atomic mass is 10.2. The third kappa shape index (κ3) is 6.73. The lowest BCUT2D eigenvalue weighted by Crippen LogP contribution is -3.00. The summed E-state index contributed by atoms with van der Waals surface area (Å²) in [7, 11) is -4.20. The summed E-state index contributed by atoms with van der Waals surface area (Å²) in [6.45, 7) is 0. The van der Waals surface area contributed by atoms with E-state index in [1.54, 1.807) is 0 Å². The smallest absolute Gasteiger partial charge is 0.116 e. The predicted octanol–water partition coefficient (Wildman–Crippen LogP) is 2.28. The number of hydrogen-bond acceptors (Lipinski definition) is 1. The molecule has 0 fully saturated rings. The summed E-state index contributed by atoms with van der Waals surface area (Å²) < 4.78 is 6.19. The van der Waals surface area contributed by atoms with E-state index < -0.39 is 14.5 Å². The molecule has 0 bridgehead atoms. The van der Waals surface area contributed by atoms with Gasteiger partial charge in [0.15, 0.2) is 0 Å². The summed E-state index contributed by atoms with van der Waals surface area (Å²) in [5, 5.41) is 8.28. The maximum atomic E-state index is 6.19. The first-order valence-electron chi connectivity index (χ1n) is 15.4. The van der Waals surface area contributed by atoms with Crippen molar-refractivity contribution in [3.8, 4) is 0 Å². The molecule has 0 saturated carbocycles.